The van der Waals surface area contributed by atoms with Crippen LogP contribution in [0.25, 0.3) is 0 Å². The molecule has 9 amide bonds. The van der Waals surface area contributed by atoms with Crippen LogP contribution in [-0.4, -0.2) is 127 Å². The largest absolute Gasteiger partial charge is 0.508 e. The Morgan fingerprint density at radius 1 is 0.479 bits per heavy atom. The van der Waals surface area contributed by atoms with Crippen LogP contribution in [0, 0.1) is 0 Å². The summed E-state index contributed by atoms with van der Waals surface area (Å²) in [7, 11) is 0. The van der Waals surface area contributed by atoms with Gasteiger partial charge in [-0.2, -0.15) is 4.99 Å². The normalized spacial score (nSPS) is 12.3. The van der Waals surface area contributed by atoms with E-state index in [1.54, 1.807) is 43.3 Å². The van der Waals surface area contributed by atoms with Crippen LogP contribution in [0.15, 0.2) is 114 Å². The average Bonchev–Trinajstić information content (AvgIpc) is 3.07. The molecule has 96 heavy (non-hydrogen) atoms. The number of unbranched alkanes of at least 4 members (excludes halogenated alkanes) is 14. The minimum atomic E-state index is -1.29. The van der Waals surface area contributed by atoms with Crippen LogP contribution >= 0.6 is 0 Å². The number of alkyl carbamates (subject to hydrolysis) is 1. The number of nitrogens with zero attached hydrogens (tertiary/aromatic N) is 1. The number of guanidine groups is 1. The van der Waals surface area contributed by atoms with Gasteiger partial charge >= 0.3 is 18.1 Å². The number of carbonyl (C=O) groups is 9. The molecule has 526 valence electrons. The maximum absolute atomic E-state index is 14.6. The fraction of sp³-hybridized carbons (Fsp3) is 0.528. The molecule has 4 rings (SSSR count). The van der Waals surface area contributed by atoms with E-state index in [1.807, 2.05) is 60.7 Å². The first-order valence-electron chi connectivity index (χ1n) is 34.3. The second kappa shape index (κ2) is 48.5. The minimum Gasteiger partial charge on any atom is -0.508 e. The number of aliphatic carboxylic acids is 1. The fourth-order valence-corrected chi connectivity index (χ4v) is 10.4. The molecule has 4 atom stereocenters. The van der Waals surface area contributed by atoms with Crippen LogP contribution in [0.4, 0.5) is 9.59 Å². The van der Waals surface area contributed by atoms with Crippen molar-refractivity contribution in [1.29, 1.82) is 0 Å². The Bertz CT molecular complexity index is 2970. The van der Waals surface area contributed by atoms with Gasteiger partial charge < -0.3 is 73.3 Å². The molecular formula is C72H105N11O13. The Labute approximate surface area is 566 Å². The van der Waals surface area contributed by atoms with Crippen molar-refractivity contribution in [1.82, 2.24) is 47.9 Å². The smallest absolute Gasteiger partial charge is 0.407 e. The molecule has 0 aromatic heterocycles. The Hall–Kier alpha value is -9.22. The zero-order valence-corrected chi connectivity index (χ0v) is 56.2. The molecule has 13 N–H and O–H groups in total. The van der Waals surface area contributed by atoms with Gasteiger partial charge in [0.15, 0.2) is 5.96 Å². The third-order valence-electron chi connectivity index (χ3n) is 15.9. The summed E-state index contributed by atoms with van der Waals surface area (Å²) in [5.41, 5.74) is 8.75. The molecule has 1 unspecified atom stereocenters. The molecule has 24 nitrogen and oxygen atoms in total. The van der Waals surface area contributed by atoms with E-state index in [1.165, 1.54) is 69.9 Å². The number of aliphatic imine (C=N–C) groups is 1. The number of aromatic hydroxyl groups is 1. The number of phenols is 1. The van der Waals surface area contributed by atoms with E-state index >= 15 is 0 Å². The molecule has 24 heteroatoms. The lowest BCUT2D eigenvalue weighted by Gasteiger charge is -2.24. The number of phenolic OH excluding ortho intramolecular Hbond substituents is 1. The summed E-state index contributed by atoms with van der Waals surface area (Å²) < 4.78 is 11.5. The lowest BCUT2D eigenvalue weighted by molar-refractivity contribution is -0.142. The summed E-state index contributed by atoms with van der Waals surface area (Å²) in [5.74, 6) is -4.24. The molecular weight excluding hydrogens is 1230 g/mol. The van der Waals surface area contributed by atoms with Crippen LogP contribution in [-0.2, 0) is 51.5 Å². The first-order chi connectivity index (χ1) is 46.5. The van der Waals surface area contributed by atoms with Gasteiger partial charge in [-0.05, 0) is 104 Å². The number of nitrogens with one attached hydrogen (secondary N) is 9. The number of ether oxygens (including phenoxy) is 2. The zero-order valence-electron chi connectivity index (χ0n) is 56.2. The molecule has 0 aliphatic carbocycles. The van der Waals surface area contributed by atoms with E-state index < -0.39 is 65.8 Å². The molecule has 0 aliphatic rings. The van der Waals surface area contributed by atoms with Crippen LogP contribution in [0.3, 0.4) is 0 Å². The molecule has 0 saturated heterocycles. The lowest BCUT2D eigenvalue weighted by Crippen LogP contribution is -2.48. The molecule has 0 aliphatic heterocycles. The van der Waals surface area contributed by atoms with E-state index in [9.17, 15) is 53.4 Å². The number of hydrogen-bond acceptors (Lipinski definition) is 12. The predicted octanol–water partition coefficient (Wildman–Crippen LogP) is 8.93. The molecule has 0 heterocycles. The van der Waals surface area contributed by atoms with Crippen LogP contribution in [0.5, 0.6) is 11.5 Å². The second-order valence-corrected chi connectivity index (χ2v) is 23.8. The highest BCUT2D eigenvalue weighted by atomic mass is 16.5. The Morgan fingerprint density at radius 3 is 1.73 bits per heavy atom. The average molecular weight is 1330 g/mol. The number of carboxylic acid groups (broad SMARTS) is 1. The first kappa shape index (κ1) is 79.2. The van der Waals surface area contributed by atoms with Gasteiger partial charge in [0.05, 0.1) is 12.5 Å². The van der Waals surface area contributed by atoms with Gasteiger partial charge in [-0.15, -0.1) is 0 Å². The van der Waals surface area contributed by atoms with E-state index in [-0.39, 0.29) is 108 Å². The number of carboxylic acids is 1. The van der Waals surface area contributed by atoms with Gasteiger partial charge in [0, 0.05) is 58.5 Å². The van der Waals surface area contributed by atoms with E-state index in [0.29, 0.717) is 61.8 Å². The summed E-state index contributed by atoms with van der Waals surface area (Å²) >= 11 is 0. The summed E-state index contributed by atoms with van der Waals surface area (Å²) in [6, 6.07) is 27.7. The van der Waals surface area contributed by atoms with Crippen LogP contribution in [0.1, 0.15) is 196 Å². The van der Waals surface area contributed by atoms with Gasteiger partial charge in [0.25, 0.3) is 0 Å². The van der Waals surface area contributed by atoms with Crippen molar-refractivity contribution in [3.8, 4) is 11.5 Å². The van der Waals surface area contributed by atoms with Crippen molar-refractivity contribution in [2.45, 2.75) is 205 Å². The van der Waals surface area contributed by atoms with Crippen LogP contribution in [0.2, 0.25) is 0 Å². The number of nitrogens with two attached hydrogens (primary N) is 1. The number of carbonyl (C=O) groups excluding carboxylic acids is 8. The summed E-state index contributed by atoms with van der Waals surface area (Å²) in [4.78, 5) is 121. The number of urea groups is 1. The van der Waals surface area contributed by atoms with E-state index in [2.05, 4.69) is 59.8 Å². The third-order valence-corrected chi connectivity index (χ3v) is 15.9. The molecule has 0 spiro atoms. The molecule has 0 bridgehead atoms. The van der Waals surface area contributed by atoms with Gasteiger partial charge in [0.2, 0.25) is 35.4 Å². The maximum atomic E-state index is 14.6. The van der Waals surface area contributed by atoms with Crippen molar-refractivity contribution < 1.29 is 62.8 Å². The highest BCUT2D eigenvalue weighted by Gasteiger charge is 2.29. The van der Waals surface area contributed by atoms with Crippen molar-refractivity contribution in [2.24, 2.45) is 10.7 Å². The Morgan fingerprint density at radius 2 is 1.05 bits per heavy atom. The standard InChI is InChI=1S/C72H105N11O13/c1-3-5-6-7-8-9-10-11-12-13-14-15-22-37-63(86)81-61(69(91)92)42-43-64(87)80-59(35-23-24-45-78-72(94)96-52-54-29-18-16-19-30-54)66(88)75-44-25-26-49-95-58-34-27-33-56(50-58)65(55-31-20-17-21-32-55)68(90)82-60(67(89)79-51-53-38-40-57(84)41-39-53)36-28-46-76-70(73)83-71(93)77-48-47-74-62(85)4-2/h16-21,27,29-34,38-41,50,59-61,65,84H,3-15,22-26,28,35-37,42-49,51-52H2,1-2H3,(H,74,85)(H,75,88)(H,78,94)(H,79,89)(H,80,87)(H,81,86)(H,82,90)(H,91,92)(H4,73,76,77,83,93)/t59-,60+,61-,65?/m0/s1. The number of hydrogen-bond donors (Lipinski definition) is 12. The minimum absolute atomic E-state index is 0.0691. The maximum Gasteiger partial charge on any atom is 0.407 e. The Kier molecular flexibility index (Phi) is 40.0. The van der Waals surface area contributed by atoms with Crippen molar-refractivity contribution >= 4 is 59.5 Å². The van der Waals surface area contributed by atoms with Crippen molar-refractivity contribution in [2.75, 3.05) is 39.3 Å². The summed E-state index contributed by atoms with van der Waals surface area (Å²) in [6.07, 6.45) is 17.1. The molecule has 4 aromatic carbocycles. The van der Waals surface area contributed by atoms with E-state index in [4.69, 9.17) is 15.2 Å². The zero-order chi connectivity index (χ0) is 69.4. The fourth-order valence-electron chi connectivity index (χ4n) is 10.4. The summed E-state index contributed by atoms with van der Waals surface area (Å²) in [5, 5.41) is 44.6. The van der Waals surface area contributed by atoms with Gasteiger partial charge in [-0.1, -0.05) is 176 Å². The highest BCUT2D eigenvalue weighted by molar-refractivity contribution is 5.93. The predicted molar refractivity (Wildman–Crippen MR) is 369 cm³/mol. The topological polar surface area (TPSA) is 359 Å². The van der Waals surface area contributed by atoms with E-state index in [0.717, 1.165) is 30.4 Å². The summed E-state index contributed by atoms with van der Waals surface area (Å²) in [6.45, 7) is 5.44. The van der Waals surface area contributed by atoms with Crippen molar-refractivity contribution in [3.05, 3.63) is 131 Å². The quantitative estimate of drug-likeness (QED) is 0.0111. The molecule has 4 aromatic rings. The third kappa shape index (κ3) is 35.3. The van der Waals surface area contributed by atoms with Crippen LogP contribution < -0.4 is 58.3 Å². The SMILES string of the molecule is CCCCCCCCCCCCCCCC(=O)N[C@@H](CCC(=O)N[C@@H](CCCCNC(=O)OCc1ccccc1)C(=O)NCCCCOc1cccc(C(C(=O)N[C@H](CCCN/C(N)=N\C(=O)NCCNC(=O)CC)C(=O)NCc2ccc(O)cc2)c2ccccc2)c1)C(=O)O. The molecule has 0 saturated carbocycles. The highest BCUT2D eigenvalue weighted by Crippen LogP contribution is 2.29. The number of rotatable bonds is 49. The molecule has 0 fully saturated rings. The van der Waals surface area contributed by atoms with Crippen molar-refractivity contribution in [3.63, 3.8) is 0 Å². The molecule has 0 radical (unpaired) electrons. The first-order valence-corrected chi connectivity index (χ1v) is 34.3. The number of amides is 9. The number of benzene rings is 4. The second-order valence-electron chi connectivity index (χ2n) is 23.8. The van der Waals surface area contributed by atoms with Gasteiger partial charge in [0.1, 0.15) is 36.2 Å². The van der Waals surface area contributed by atoms with Gasteiger partial charge in [-0.3, -0.25) is 28.8 Å². The van der Waals surface area contributed by atoms with Gasteiger partial charge in [-0.25, -0.2) is 14.4 Å². The monoisotopic (exact) mass is 1330 g/mol. The Balaban J connectivity index is 1.31. The lowest BCUT2D eigenvalue weighted by atomic mass is 9.90.